The molecule has 4 aliphatic heterocycles. The largest absolute Gasteiger partial charge is 0.692 e. The lowest BCUT2D eigenvalue weighted by Gasteiger charge is -2.47. The average molecular weight is 947 g/mol. The van der Waals surface area contributed by atoms with Crippen molar-refractivity contribution < 1.29 is 92.5 Å². The standard InChI is InChI=1S/C39H60N6O18.OS/c1-5-11-25(46)43(12-9-8-10-13-45-35(51)26-22(6-2)59-23(7-3)27(26)36(45)52)18-21-19-44(42-41-21)14-15-56-16-17-57-39-32(50)31(49)33(34(62-39)37(53)54)61-38-28(40-4)30(48)29(47)24(60-38)20-58-63-55;1-2/h6-7,19,22-24,26-34,38-40,47-50,55H,2-3,5,8-18,20H2,1,4H3,(H,53,54);/p-2/t22-,23+,24?,26+,27-,28?,29-,30-,31-,32?,33+,34?,38-,39-;/m1./s1. The maximum Gasteiger partial charge on any atom is 0.236 e. The molecule has 4 fully saturated rings. The van der Waals surface area contributed by atoms with Gasteiger partial charge in [0.1, 0.15) is 55.0 Å². The maximum atomic E-state index is 13.1. The molecule has 0 aromatic carbocycles. The van der Waals surface area contributed by atoms with E-state index in [0.29, 0.717) is 44.3 Å². The van der Waals surface area contributed by atoms with E-state index in [1.54, 1.807) is 23.2 Å². The fourth-order valence-electron chi connectivity index (χ4n) is 8.11. The number of amides is 3. The predicted octanol–water partition coefficient (Wildman–Crippen LogP) is -5.15. The van der Waals surface area contributed by atoms with Crippen molar-refractivity contribution in [3.8, 4) is 0 Å². The molecule has 1 aromatic heterocycles. The number of likely N-dealkylation sites (N-methyl/N-ethyl adjacent to an activating group) is 1. The number of carbonyl (C=O) groups excluding carboxylic acids is 4. The van der Waals surface area contributed by atoms with Gasteiger partial charge in [-0.15, -0.1) is 18.3 Å². The van der Waals surface area contributed by atoms with Gasteiger partial charge in [-0.2, -0.15) is 4.21 Å². The quantitative estimate of drug-likeness (QED) is 0.0191. The Labute approximate surface area is 379 Å². The summed E-state index contributed by atoms with van der Waals surface area (Å²) in [5, 5.41) is 79.1. The fourth-order valence-corrected chi connectivity index (χ4v) is 8.11. The van der Waals surface area contributed by atoms with E-state index in [4.69, 9.17) is 32.6 Å². The molecule has 26 heteroatoms. The number of nitrogens with one attached hydrogen (secondary N) is 1. The number of carboxylic acids is 1. The molecule has 0 radical (unpaired) electrons. The summed E-state index contributed by atoms with van der Waals surface area (Å²) in [5.41, 5.74) is 0.554. The van der Waals surface area contributed by atoms with Crippen LogP contribution in [0.3, 0.4) is 0 Å². The maximum absolute atomic E-state index is 13.1. The molecule has 0 bridgehead atoms. The number of hydrogen-bond donors (Lipinski definition) is 5. The topological polar surface area (TPSA) is 335 Å². The van der Waals surface area contributed by atoms with Crippen LogP contribution in [0.2, 0.25) is 0 Å². The van der Waals surface area contributed by atoms with Crippen molar-refractivity contribution in [2.45, 2.75) is 126 Å². The summed E-state index contributed by atoms with van der Waals surface area (Å²) in [5.74, 6) is -3.57. The summed E-state index contributed by atoms with van der Waals surface area (Å²) in [4.78, 5) is 58.5. The minimum absolute atomic E-state index is 0.0399. The van der Waals surface area contributed by atoms with Crippen molar-refractivity contribution in [3.63, 3.8) is 0 Å². The zero-order chi connectivity index (χ0) is 47.8. The molecule has 3 amide bonds. The number of carboxylic acid groups (broad SMARTS) is 1. The van der Waals surface area contributed by atoms with Crippen LogP contribution in [0, 0.1) is 11.8 Å². The molecule has 5 rings (SSSR count). The van der Waals surface area contributed by atoms with Crippen LogP contribution in [0.15, 0.2) is 31.5 Å². The minimum Gasteiger partial charge on any atom is -0.692 e. The number of aliphatic carboxylic acids is 1. The number of aliphatic hydroxyl groups is 4. The molecule has 14 atom stereocenters. The van der Waals surface area contributed by atoms with Crippen LogP contribution in [-0.2, 0) is 83.1 Å². The van der Waals surface area contributed by atoms with Crippen LogP contribution in [0.4, 0.5) is 0 Å². The lowest BCUT2D eigenvalue weighted by molar-refractivity contribution is -0.801. The second-order valence-electron chi connectivity index (χ2n) is 15.5. The molecule has 0 aliphatic carbocycles. The number of fused-ring (bicyclic) bond motifs is 1. The Morgan fingerprint density at radius 1 is 0.938 bits per heavy atom. The summed E-state index contributed by atoms with van der Waals surface area (Å²) < 4.78 is 42.8. The van der Waals surface area contributed by atoms with E-state index >= 15 is 0 Å². The molecular weight excluding hydrogens is 889 g/mol. The summed E-state index contributed by atoms with van der Waals surface area (Å²) in [6.07, 6.45) is -8.70. The Morgan fingerprint density at radius 2 is 1.63 bits per heavy atom. The molecule has 4 saturated heterocycles. The van der Waals surface area contributed by atoms with Crippen LogP contribution in [0.25, 0.3) is 0 Å². The highest BCUT2D eigenvalue weighted by Crippen LogP contribution is 2.41. The number of carbonyl (C=O) groups is 4. The van der Waals surface area contributed by atoms with Gasteiger partial charge >= 0.3 is 0 Å². The van der Waals surface area contributed by atoms with Gasteiger partial charge in [-0.05, 0) is 32.7 Å². The number of likely N-dealkylation sites (tertiary alicyclic amines) is 1. The smallest absolute Gasteiger partial charge is 0.236 e. The molecule has 5 N–H and O–H groups in total. The van der Waals surface area contributed by atoms with E-state index in [1.807, 2.05) is 6.92 Å². The van der Waals surface area contributed by atoms with Crippen LogP contribution in [0.1, 0.15) is 44.7 Å². The molecule has 65 heavy (non-hydrogen) atoms. The predicted molar refractivity (Wildman–Crippen MR) is 213 cm³/mol. The first-order chi connectivity index (χ1) is 31.3. The Kier molecular flexibility index (Phi) is 21.9. The lowest BCUT2D eigenvalue weighted by atomic mass is 9.89. The number of rotatable bonds is 26. The third-order valence-electron chi connectivity index (χ3n) is 11.4. The summed E-state index contributed by atoms with van der Waals surface area (Å²) in [6.45, 7) is 9.86. The number of aliphatic hydroxyl groups excluding tert-OH is 4. The van der Waals surface area contributed by atoms with Crippen molar-refractivity contribution in [2.75, 3.05) is 46.6 Å². The SMILES string of the molecule is C=C[C@@H]1O[C@H](C=C)[C@@H]2C(=O)N(CCCCCN(Cc3cn(CCOCCO[C@@H]4OC(C(=O)[O-])[C@@H](O[C@H]5OC(COO[O-])[C@@H](O)[C@H](O)C5NC)[C@H](O)C4O)nn3)C(=O)CCC)C(=O)[C@@H]21.O=S. The average Bonchev–Trinajstić information content (AvgIpc) is 3.99. The van der Waals surface area contributed by atoms with E-state index in [9.17, 15) is 50.0 Å². The molecule has 0 saturated carbocycles. The molecule has 0 spiro atoms. The number of ether oxygens (including phenoxy) is 6. The van der Waals surface area contributed by atoms with Crippen LogP contribution >= 0.6 is 0 Å². The van der Waals surface area contributed by atoms with Crippen LogP contribution < -0.4 is 15.7 Å². The second-order valence-corrected chi connectivity index (χ2v) is 15.5. The van der Waals surface area contributed by atoms with Crippen LogP contribution in [-0.4, -0.2) is 193 Å². The van der Waals surface area contributed by atoms with E-state index < -0.39 is 98.0 Å². The van der Waals surface area contributed by atoms with Crippen molar-refractivity contribution >= 4 is 36.2 Å². The molecular formula is C39H58N6O19S-2. The summed E-state index contributed by atoms with van der Waals surface area (Å²) >= 11 is 2.83. The van der Waals surface area contributed by atoms with Gasteiger partial charge in [-0.1, -0.05) is 24.3 Å². The summed E-state index contributed by atoms with van der Waals surface area (Å²) in [6, 6.07) is -1.18. The number of imide groups is 1. The van der Waals surface area contributed by atoms with Gasteiger partial charge in [-0.25, -0.2) is 9.57 Å². The number of aromatic nitrogens is 3. The number of nitrogens with zero attached hydrogens (tertiary/aromatic N) is 5. The van der Waals surface area contributed by atoms with E-state index in [2.05, 4.69) is 51.2 Å². The van der Waals surface area contributed by atoms with Crippen molar-refractivity contribution in [1.29, 1.82) is 0 Å². The first kappa shape index (κ1) is 53.8. The lowest BCUT2D eigenvalue weighted by Crippen LogP contribution is -2.68. The van der Waals surface area contributed by atoms with Gasteiger partial charge in [0.05, 0.1) is 75.2 Å². The highest BCUT2D eigenvalue weighted by molar-refractivity contribution is 7.44. The van der Waals surface area contributed by atoms with Crippen LogP contribution in [0.5, 0.6) is 0 Å². The Balaban J connectivity index is 0.00000456. The fraction of sp³-hybridized carbons (Fsp3) is 0.744. The van der Waals surface area contributed by atoms with Gasteiger partial charge in [-0.3, -0.25) is 24.3 Å². The van der Waals surface area contributed by atoms with Gasteiger partial charge in [0.25, 0.3) is 0 Å². The number of hydrogen-bond acceptors (Lipinski definition) is 23. The second kappa shape index (κ2) is 26.5. The van der Waals surface area contributed by atoms with Crippen molar-refractivity contribution in [2.24, 2.45) is 11.8 Å². The van der Waals surface area contributed by atoms with E-state index in [-0.39, 0.29) is 57.2 Å². The first-order valence-corrected chi connectivity index (χ1v) is 21.4. The summed E-state index contributed by atoms with van der Waals surface area (Å²) in [7, 11) is 1.38. The Hall–Kier alpha value is -3.84. The third kappa shape index (κ3) is 13.4. The molecule has 5 heterocycles. The monoisotopic (exact) mass is 946 g/mol. The number of unbranched alkanes of at least 4 members (excludes halogenated alkanes) is 2. The molecule has 1 aromatic rings. The van der Waals surface area contributed by atoms with Crippen molar-refractivity contribution in [1.82, 2.24) is 30.1 Å². The van der Waals surface area contributed by atoms with Gasteiger partial charge < -0.3 is 74.2 Å². The van der Waals surface area contributed by atoms with Crippen molar-refractivity contribution in [3.05, 3.63) is 37.2 Å². The first-order valence-electron chi connectivity index (χ1n) is 21.1. The minimum atomic E-state index is -2.00. The van der Waals surface area contributed by atoms with Gasteiger partial charge in [0.2, 0.25) is 17.7 Å². The Bertz CT molecular complexity index is 1680. The molecule has 25 nitrogen and oxygen atoms in total. The normalized spacial score (nSPS) is 32.1. The molecule has 4 aliphatic rings. The third-order valence-corrected chi connectivity index (χ3v) is 11.4. The van der Waals surface area contributed by atoms with E-state index in [1.165, 1.54) is 16.6 Å². The van der Waals surface area contributed by atoms with Gasteiger partial charge in [0, 0.05) is 19.5 Å². The van der Waals surface area contributed by atoms with E-state index in [0.717, 1.165) is 0 Å². The van der Waals surface area contributed by atoms with Gasteiger partial charge in [0.15, 0.2) is 25.1 Å². The Morgan fingerprint density at radius 3 is 2.25 bits per heavy atom. The zero-order valence-corrected chi connectivity index (χ0v) is 36.8. The molecule has 366 valence electrons. The highest BCUT2D eigenvalue weighted by Gasteiger charge is 2.58. The molecule has 4 unspecified atom stereocenters. The highest BCUT2D eigenvalue weighted by atomic mass is 32.1. The zero-order valence-electron chi connectivity index (χ0n) is 36.0.